The summed E-state index contributed by atoms with van der Waals surface area (Å²) in [5.74, 6) is -0.878. The minimum atomic E-state index is -0.783. The number of allylic oxidation sites excluding steroid dienone is 14. The van der Waals surface area contributed by atoms with E-state index in [1.54, 1.807) is 0 Å². The average Bonchev–Trinajstić information content (AvgIpc) is 3.44. The zero-order valence-corrected chi connectivity index (χ0v) is 51.7. The van der Waals surface area contributed by atoms with Crippen LogP contribution in [0, 0.1) is 0 Å². The second-order valence-electron chi connectivity index (χ2n) is 22.4. The van der Waals surface area contributed by atoms with Crippen molar-refractivity contribution in [3.8, 4) is 0 Å². The van der Waals surface area contributed by atoms with Gasteiger partial charge in [0.1, 0.15) is 13.2 Å². The van der Waals surface area contributed by atoms with Gasteiger partial charge in [-0.3, -0.25) is 14.4 Å². The Balaban J connectivity index is 4.36. The molecule has 1 atom stereocenters. The number of esters is 3. The summed E-state index contributed by atoms with van der Waals surface area (Å²) in [5.41, 5.74) is 0. The van der Waals surface area contributed by atoms with Gasteiger partial charge < -0.3 is 14.2 Å². The number of carbonyl (C=O) groups excluding carboxylic acids is 3. The lowest BCUT2D eigenvalue weighted by Crippen LogP contribution is -2.30. The van der Waals surface area contributed by atoms with Crippen LogP contribution in [0.5, 0.6) is 0 Å². The van der Waals surface area contributed by atoms with Crippen molar-refractivity contribution in [2.24, 2.45) is 0 Å². The maximum absolute atomic E-state index is 12.9. The molecule has 78 heavy (non-hydrogen) atoms. The molecule has 0 N–H and O–H groups in total. The molecule has 0 aliphatic heterocycles. The molecule has 0 saturated carbocycles. The van der Waals surface area contributed by atoms with E-state index in [4.69, 9.17) is 14.2 Å². The Labute approximate surface area is 484 Å². The number of ether oxygens (including phenoxy) is 3. The van der Waals surface area contributed by atoms with Gasteiger partial charge in [0.2, 0.25) is 0 Å². The highest BCUT2D eigenvalue weighted by molar-refractivity contribution is 5.71. The normalized spacial score (nSPS) is 12.6. The van der Waals surface area contributed by atoms with Crippen molar-refractivity contribution < 1.29 is 28.6 Å². The second-order valence-corrected chi connectivity index (χ2v) is 22.4. The van der Waals surface area contributed by atoms with E-state index in [0.29, 0.717) is 19.3 Å². The van der Waals surface area contributed by atoms with Crippen molar-refractivity contribution in [1.82, 2.24) is 0 Å². The molecule has 0 rings (SSSR count). The van der Waals surface area contributed by atoms with Crippen molar-refractivity contribution in [2.45, 2.75) is 341 Å². The molecule has 0 aromatic rings. The van der Waals surface area contributed by atoms with Gasteiger partial charge in [0.25, 0.3) is 0 Å². The Kier molecular flexibility index (Phi) is 63.2. The molecule has 0 bridgehead atoms. The van der Waals surface area contributed by atoms with E-state index >= 15 is 0 Å². The maximum Gasteiger partial charge on any atom is 0.306 e. The Morgan fingerprint density at radius 2 is 0.500 bits per heavy atom. The van der Waals surface area contributed by atoms with E-state index in [2.05, 4.69) is 106 Å². The molecule has 0 fully saturated rings. The van der Waals surface area contributed by atoms with Crippen LogP contribution < -0.4 is 0 Å². The van der Waals surface area contributed by atoms with Crippen molar-refractivity contribution in [1.29, 1.82) is 0 Å². The molecule has 0 aromatic carbocycles. The van der Waals surface area contributed by atoms with Crippen LogP contribution in [0.1, 0.15) is 335 Å². The summed E-state index contributed by atoms with van der Waals surface area (Å²) in [6.45, 7) is 6.56. The highest BCUT2D eigenvalue weighted by Gasteiger charge is 2.19. The Morgan fingerprint density at radius 1 is 0.269 bits per heavy atom. The van der Waals surface area contributed by atoms with Crippen LogP contribution in [0.2, 0.25) is 0 Å². The monoisotopic (exact) mass is 1090 g/mol. The number of unbranched alkanes of at least 4 members (excludes halogenated alkanes) is 36. The first kappa shape index (κ1) is 74.6. The third kappa shape index (κ3) is 63.4. The molecule has 450 valence electrons. The largest absolute Gasteiger partial charge is 0.462 e. The summed E-state index contributed by atoms with van der Waals surface area (Å²) >= 11 is 0. The van der Waals surface area contributed by atoms with Crippen LogP contribution in [-0.4, -0.2) is 37.2 Å². The molecule has 0 aliphatic carbocycles. The lowest BCUT2D eigenvalue weighted by molar-refractivity contribution is -0.167. The number of hydrogen-bond donors (Lipinski definition) is 0. The van der Waals surface area contributed by atoms with Crippen LogP contribution in [0.3, 0.4) is 0 Å². The summed E-state index contributed by atoms with van der Waals surface area (Å²) in [7, 11) is 0. The Hall–Kier alpha value is -3.41. The minimum Gasteiger partial charge on any atom is -0.462 e. The molecule has 0 aliphatic rings. The quantitative estimate of drug-likeness (QED) is 0.0261. The summed E-state index contributed by atoms with van der Waals surface area (Å²) < 4.78 is 17.0. The lowest BCUT2D eigenvalue weighted by Gasteiger charge is -2.18. The molecule has 0 aromatic heterocycles. The van der Waals surface area contributed by atoms with Crippen molar-refractivity contribution in [2.75, 3.05) is 13.2 Å². The van der Waals surface area contributed by atoms with Gasteiger partial charge in [0, 0.05) is 19.3 Å². The molecule has 0 heterocycles. The molecule has 6 heteroatoms. The van der Waals surface area contributed by atoms with Gasteiger partial charge in [-0.2, -0.15) is 0 Å². The molecule has 0 spiro atoms. The van der Waals surface area contributed by atoms with E-state index in [1.807, 2.05) is 0 Å². The first-order valence-corrected chi connectivity index (χ1v) is 33.6. The van der Waals surface area contributed by atoms with Crippen LogP contribution in [0.25, 0.3) is 0 Å². The second kappa shape index (κ2) is 66.1. The predicted octanol–water partition coefficient (Wildman–Crippen LogP) is 23.1. The third-order valence-corrected chi connectivity index (χ3v) is 14.7. The van der Waals surface area contributed by atoms with E-state index in [9.17, 15) is 14.4 Å². The van der Waals surface area contributed by atoms with Crippen LogP contribution in [-0.2, 0) is 28.6 Å². The van der Waals surface area contributed by atoms with E-state index in [-0.39, 0.29) is 31.1 Å². The summed E-state index contributed by atoms with van der Waals surface area (Å²) in [4.78, 5) is 38.4. The van der Waals surface area contributed by atoms with E-state index < -0.39 is 6.10 Å². The van der Waals surface area contributed by atoms with E-state index in [0.717, 1.165) is 122 Å². The van der Waals surface area contributed by atoms with Gasteiger partial charge in [-0.05, 0) is 77.0 Å². The van der Waals surface area contributed by atoms with Gasteiger partial charge in [-0.25, -0.2) is 0 Å². The molecule has 0 saturated heterocycles. The first-order valence-electron chi connectivity index (χ1n) is 33.6. The highest BCUT2D eigenvalue weighted by Crippen LogP contribution is 2.17. The Bertz CT molecular complexity index is 1480. The molecule has 1 unspecified atom stereocenters. The standard InChI is InChI=1S/C72H126O6/c1-4-7-10-13-16-19-22-25-28-30-32-33-34-35-36-37-38-39-40-42-44-47-50-53-56-59-62-65-71(74)77-68-69(67-76-70(73)64-61-58-55-52-49-46-43-27-24-21-18-15-12-9-6-3)78-72(75)66-63-60-57-54-51-48-45-41-31-29-26-23-20-17-14-11-8-5-2/h7,10,16,19,25,28,32-33,35-36,38-39,42,44,69H,4-6,8-9,11-15,17-18,20-24,26-27,29-31,34,37,40-41,43,45-68H2,1-3H3/b10-7-,19-16-,28-25-,33-32-,36-35-,39-38-,44-42-. The van der Waals surface area contributed by atoms with Crippen molar-refractivity contribution in [3.63, 3.8) is 0 Å². The van der Waals surface area contributed by atoms with Gasteiger partial charge in [0.15, 0.2) is 6.10 Å². The molecular formula is C72H126O6. The lowest BCUT2D eigenvalue weighted by atomic mass is 10.0. The fourth-order valence-corrected chi connectivity index (χ4v) is 9.66. The van der Waals surface area contributed by atoms with Gasteiger partial charge in [-0.15, -0.1) is 0 Å². The van der Waals surface area contributed by atoms with E-state index in [1.165, 1.54) is 173 Å². The smallest absolute Gasteiger partial charge is 0.306 e. The minimum absolute atomic E-state index is 0.0778. The fraction of sp³-hybridized carbons (Fsp3) is 0.764. The Morgan fingerprint density at radius 3 is 0.782 bits per heavy atom. The SMILES string of the molecule is CC/C=C\C/C=C\C/C=C\C/C=C\C/C=C\C/C=C\C/C=C\CCCCCCCC(=O)OCC(COC(=O)CCCCCCCCCCCCCCCCC)OC(=O)CCCCCCCCCCCCCCCCCCCC. The highest BCUT2D eigenvalue weighted by atomic mass is 16.6. The maximum atomic E-state index is 12.9. The number of hydrogen-bond acceptors (Lipinski definition) is 6. The van der Waals surface area contributed by atoms with Crippen molar-refractivity contribution >= 4 is 17.9 Å². The predicted molar refractivity (Wildman–Crippen MR) is 339 cm³/mol. The van der Waals surface area contributed by atoms with Crippen LogP contribution in [0.15, 0.2) is 85.1 Å². The molecule has 0 amide bonds. The summed E-state index contributed by atoms with van der Waals surface area (Å²) in [6.07, 6.45) is 87.3. The zero-order chi connectivity index (χ0) is 56.4. The first-order chi connectivity index (χ1) is 38.5. The van der Waals surface area contributed by atoms with Gasteiger partial charge >= 0.3 is 17.9 Å². The summed E-state index contributed by atoms with van der Waals surface area (Å²) in [5, 5.41) is 0. The average molecular weight is 1090 g/mol. The van der Waals surface area contributed by atoms with Crippen LogP contribution in [0.4, 0.5) is 0 Å². The molecule has 6 nitrogen and oxygen atoms in total. The number of carbonyl (C=O) groups is 3. The third-order valence-electron chi connectivity index (χ3n) is 14.7. The van der Waals surface area contributed by atoms with Gasteiger partial charge in [-0.1, -0.05) is 324 Å². The fourth-order valence-electron chi connectivity index (χ4n) is 9.66. The zero-order valence-electron chi connectivity index (χ0n) is 51.7. The van der Waals surface area contributed by atoms with Crippen LogP contribution >= 0.6 is 0 Å². The summed E-state index contributed by atoms with van der Waals surface area (Å²) in [6, 6.07) is 0. The van der Waals surface area contributed by atoms with Gasteiger partial charge in [0.05, 0.1) is 0 Å². The van der Waals surface area contributed by atoms with Crippen molar-refractivity contribution in [3.05, 3.63) is 85.1 Å². The molecule has 0 radical (unpaired) electrons. The number of rotatable bonds is 61. The topological polar surface area (TPSA) is 78.9 Å². The molecular weight excluding hydrogens is 961 g/mol.